The molecule has 0 spiro atoms. The molecule has 0 aliphatic carbocycles. The molecule has 112 valence electrons. The lowest BCUT2D eigenvalue weighted by Gasteiger charge is -2.21. The summed E-state index contributed by atoms with van der Waals surface area (Å²) >= 11 is 5.58. The van der Waals surface area contributed by atoms with Crippen molar-refractivity contribution in [1.82, 2.24) is 5.32 Å². The molecule has 0 fully saturated rings. The molecule has 0 aliphatic heterocycles. The Morgan fingerprint density at radius 1 is 1.14 bits per heavy atom. The van der Waals surface area contributed by atoms with E-state index in [9.17, 15) is 0 Å². The van der Waals surface area contributed by atoms with Gasteiger partial charge in [-0.05, 0) is 18.4 Å². The fourth-order valence-electron chi connectivity index (χ4n) is 2.52. The van der Waals surface area contributed by atoms with Gasteiger partial charge in [0.05, 0.1) is 0 Å². The molecule has 2 nitrogen and oxygen atoms in total. The summed E-state index contributed by atoms with van der Waals surface area (Å²) in [5, 5.41) is 5.85. The maximum atomic E-state index is 5.98. The fraction of sp³-hybridized carbons (Fsp3) is 0.333. The molecule has 0 aromatic heterocycles. The molecular formula is C18H22ClNO. The molecule has 0 aliphatic rings. The van der Waals surface area contributed by atoms with Crippen LogP contribution in [0.5, 0.6) is 5.75 Å². The van der Waals surface area contributed by atoms with E-state index in [1.165, 1.54) is 16.5 Å². The summed E-state index contributed by atoms with van der Waals surface area (Å²) in [6.07, 6.45) is 1.80. The van der Waals surface area contributed by atoms with Crippen molar-refractivity contribution in [3.8, 4) is 5.75 Å². The third-order valence-electron chi connectivity index (χ3n) is 3.37. The van der Waals surface area contributed by atoms with Crippen LogP contribution >= 0.6 is 11.6 Å². The number of hydrogen-bond acceptors (Lipinski definition) is 2. The first kappa shape index (κ1) is 15.9. The lowest BCUT2D eigenvalue weighted by atomic mass is 10.0. The van der Waals surface area contributed by atoms with Crippen LogP contribution < -0.4 is 10.1 Å². The van der Waals surface area contributed by atoms with Gasteiger partial charge in [-0.3, -0.25) is 0 Å². The Labute approximate surface area is 131 Å². The van der Waals surface area contributed by atoms with Crippen LogP contribution in [0.1, 0.15) is 32.4 Å². The molecule has 0 radical (unpaired) electrons. The summed E-state index contributed by atoms with van der Waals surface area (Å²) in [6, 6.07) is 13.2. The summed E-state index contributed by atoms with van der Waals surface area (Å²) in [4.78, 5) is 0. The summed E-state index contributed by atoms with van der Waals surface area (Å²) in [5.74, 6) is 0.934. The number of halogens is 1. The number of benzene rings is 2. The molecule has 0 amide bonds. The summed E-state index contributed by atoms with van der Waals surface area (Å²) in [7, 11) is 0. The van der Waals surface area contributed by atoms with Gasteiger partial charge >= 0.3 is 0 Å². The highest BCUT2D eigenvalue weighted by Gasteiger charge is 2.15. The average Bonchev–Trinajstić information content (AvgIpc) is 2.46. The normalized spacial score (nSPS) is 13.2. The number of hydrogen-bond donors (Lipinski definition) is 1. The first-order valence-electron chi connectivity index (χ1n) is 7.29. The topological polar surface area (TPSA) is 21.3 Å². The minimum absolute atomic E-state index is 0.226. The second kappa shape index (κ2) is 7.48. The highest BCUT2D eigenvalue weighted by molar-refractivity contribution is 6.25. The van der Waals surface area contributed by atoms with Crippen molar-refractivity contribution in [2.24, 2.45) is 0 Å². The Hall–Kier alpha value is -1.51. The molecule has 1 N–H and O–H groups in total. The van der Waals surface area contributed by atoms with Crippen LogP contribution in [-0.2, 0) is 0 Å². The maximum Gasteiger partial charge on any atom is 0.132 e. The summed E-state index contributed by atoms with van der Waals surface area (Å²) in [6.45, 7) is 6.93. The molecule has 2 aromatic carbocycles. The monoisotopic (exact) mass is 303 g/mol. The van der Waals surface area contributed by atoms with Crippen molar-refractivity contribution in [1.29, 1.82) is 0 Å². The third-order valence-corrected chi connectivity index (χ3v) is 3.55. The lowest BCUT2D eigenvalue weighted by molar-refractivity contribution is 0.356. The average molecular weight is 304 g/mol. The number of fused-ring (bicyclic) bond motifs is 1. The minimum Gasteiger partial charge on any atom is -0.488 e. The molecule has 21 heavy (non-hydrogen) atoms. The molecule has 3 heteroatoms. The molecule has 0 saturated heterocycles. The van der Waals surface area contributed by atoms with Crippen molar-refractivity contribution in [3.63, 3.8) is 0 Å². The fourth-order valence-corrected chi connectivity index (χ4v) is 2.59. The van der Waals surface area contributed by atoms with Gasteiger partial charge in [0, 0.05) is 28.6 Å². The van der Waals surface area contributed by atoms with E-state index in [2.05, 4.69) is 50.4 Å². The van der Waals surface area contributed by atoms with E-state index in [0.29, 0.717) is 12.6 Å². The molecule has 2 rings (SSSR count). The molecule has 0 saturated carbocycles. The van der Waals surface area contributed by atoms with Crippen LogP contribution in [-0.4, -0.2) is 12.6 Å². The van der Waals surface area contributed by atoms with E-state index in [1.807, 2.05) is 12.1 Å². The minimum atomic E-state index is 0.226. The lowest BCUT2D eigenvalue weighted by Crippen LogP contribution is -2.26. The Morgan fingerprint density at radius 2 is 1.90 bits per heavy atom. The molecule has 1 atom stereocenters. The predicted molar refractivity (Wildman–Crippen MR) is 91.1 cm³/mol. The highest BCUT2D eigenvalue weighted by Crippen LogP contribution is 2.33. The van der Waals surface area contributed by atoms with Crippen molar-refractivity contribution >= 4 is 22.4 Å². The SMILES string of the molecule is CC(C)NC(C)c1ccc2ccccc2c1OC/C=C/Cl. The van der Waals surface area contributed by atoms with Gasteiger partial charge in [-0.1, -0.05) is 61.8 Å². The number of ether oxygens (including phenoxy) is 1. The second-order valence-corrected chi connectivity index (χ2v) is 5.67. The Bertz CT molecular complexity index is 622. The van der Waals surface area contributed by atoms with Crippen molar-refractivity contribution < 1.29 is 4.74 Å². The summed E-state index contributed by atoms with van der Waals surface area (Å²) < 4.78 is 5.98. The van der Waals surface area contributed by atoms with E-state index < -0.39 is 0 Å². The zero-order valence-electron chi connectivity index (χ0n) is 12.8. The standard InChI is InChI=1S/C18H22ClNO/c1-13(2)20-14(3)16-10-9-15-7-4-5-8-17(15)18(16)21-12-6-11-19/h4-11,13-14,20H,12H2,1-3H3/b11-6+. The first-order valence-corrected chi connectivity index (χ1v) is 7.73. The second-order valence-electron chi connectivity index (χ2n) is 5.42. The van der Waals surface area contributed by atoms with Gasteiger partial charge in [-0.15, -0.1) is 0 Å². The van der Waals surface area contributed by atoms with Crippen LogP contribution in [0, 0.1) is 0 Å². The van der Waals surface area contributed by atoms with E-state index >= 15 is 0 Å². The smallest absolute Gasteiger partial charge is 0.132 e. The van der Waals surface area contributed by atoms with Crippen LogP contribution in [0.4, 0.5) is 0 Å². The largest absolute Gasteiger partial charge is 0.488 e. The molecule has 0 bridgehead atoms. The van der Waals surface area contributed by atoms with Gasteiger partial charge in [0.2, 0.25) is 0 Å². The van der Waals surface area contributed by atoms with Crippen molar-refractivity contribution in [2.45, 2.75) is 32.9 Å². The third kappa shape index (κ3) is 3.99. The maximum absolute atomic E-state index is 5.98. The number of rotatable bonds is 6. The van der Waals surface area contributed by atoms with Gasteiger partial charge in [0.1, 0.15) is 12.4 Å². The predicted octanol–water partition coefficient (Wildman–Crippen LogP) is 5.03. The van der Waals surface area contributed by atoms with Gasteiger partial charge in [0.25, 0.3) is 0 Å². The van der Waals surface area contributed by atoms with Crippen LogP contribution in [0.3, 0.4) is 0 Å². The van der Waals surface area contributed by atoms with Crippen molar-refractivity contribution in [2.75, 3.05) is 6.61 Å². The van der Waals surface area contributed by atoms with Crippen molar-refractivity contribution in [3.05, 3.63) is 53.6 Å². The van der Waals surface area contributed by atoms with E-state index in [1.54, 1.807) is 6.08 Å². The zero-order valence-corrected chi connectivity index (χ0v) is 13.5. The van der Waals surface area contributed by atoms with Gasteiger partial charge in [0.15, 0.2) is 0 Å². The molecule has 0 heterocycles. The highest BCUT2D eigenvalue weighted by atomic mass is 35.5. The summed E-state index contributed by atoms with van der Waals surface area (Å²) in [5.41, 5.74) is 2.66. The van der Waals surface area contributed by atoms with Crippen LogP contribution in [0.2, 0.25) is 0 Å². The van der Waals surface area contributed by atoms with Gasteiger partial charge < -0.3 is 10.1 Å². The van der Waals surface area contributed by atoms with Crippen LogP contribution in [0.15, 0.2) is 48.0 Å². The van der Waals surface area contributed by atoms with Gasteiger partial charge in [-0.2, -0.15) is 0 Å². The quantitative estimate of drug-likeness (QED) is 0.808. The Balaban J connectivity index is 2.44. The Kier molecular flexibility index (Phi) is 5.66. The van der Waals surface area contributed by atoms with E-state index in [4.69, 9.17) is 16.3 Å². The first-order chi connectivity index (χ1) is 10.1. The molecular weight excluding hydrogens is 282 g/mol. The van der Waals surface area contributed by atoms with Gasteiger partial charge in [-0.25, -0.2) is 0 Å². The van der Waals surface area contributed by atoms with Crippen LogP contribution in [0.25, 0.3) is 10.8 Å². The Morgan fingerprint density at radius 3 is 2.62 bits per heavy atom. The number of nitrogens with one attached hydrogen (secondary N) is 1. The van der Waals surface area contributed by atoms with E-state index in [-0.39, 0.29) is 6.04 Å². The molecule has 2 aromatic rings. The van der Waals surface area contributed by atoms with E-state index in [0.717, 1.165) is 11.1 Å². The molecule has 1 unspecified atom stereocenters. The zero-order chi connectivity index (χ0) is 15.2.